The van der Waals surface area contributed by atoms with Gasteiger partial charge in [-0.05, 0) is 27.1 Å². The van der Waals surface area contributed by atoms with E-state index in [0.717, 1.165) is 0 Å². The molecule has 3 rings (SSSR count). The first-order valence-corrected chi connectivity index (χ1v) is 12.9. The van der Waals surface area contributed by atoms with Crippen LogP contribution in [0.5, 0.6) is 0 Å². The molecule has 0 amide bonds. The van der Waals surface area contributed by atoms with E-state index >= 15 is 0 Å². The van der Waals surface area contributed by atoms with Crippen LogP contribution >= 0.6 is 0 Å². The maximum absolute atomic E-state index is 6.80. The molecule has 0 aliphatic heterocycles. The third kappa shape index (κ3) is 5.75. The summed E-state index contributed by atoms with van der Waals surface area (Å²) >= 11 is 0. The molecule has 0 N–H and O–H groups in total. The van der Waals surface area contributed by atoms with E-state index in [1.54, 1.807) is 0 Å². The number of rotatable bonds is 9. The van der Waals surface area contributed by atoms with Crippen LogP contribution in [-0.4, -0.2) is 14.9 Å². The highest BCUT2D eigenvalue weighted by atomic mass is 28.4. The summed E-state index contributed by atoms with van der Waals surface area (Å²) in [6, 6.07) is 31.7. The van der Waals surface area contributed by atoms with Crippen LogP contribution in [0.3, 0.4) is 0 Å². The van der Waals surface area contributed by atoms with E-state index in [0.29, 0.717) is 13.2 Å². The molecule has 162 valence electrons. The molecular formula is C28H34O2Si. The zero-order valence-electron chi connectivity index (χ0n) is 19.1. The average molecular weight is 431 g/mol. The molecule has 31 heavy (non-hydrogen) atoms. The quantitative estimate of drug-likeness (QED) is 0.309. The Morgan fingerprint density at radius 3 is 1.74 bits per heavy atom. The van der Waals surface area contributed by atoms with Crippen LogP contribution in [0.4, 0.5) is 0 Å². The van der Waals surface area contributed by atoms with E-state index in [2.05, 4.69) is 107 Å². The molecule has 0 aliphatic rings. The van der Waals surface area contributed by atoms with E-state index in [-0.39, 0.29) is 11.0 Å². The third-order valence-electron chi connectivity index (χ3n) is 5.56. The van der Waals surface area contributed by atoms with Crippen LogP contribution in [0, 0.1) is 5.92 Å². The Labute approximate surface area is 188 Å². The van der Waals surface area contributed by atoms with Crippen molar-refractivity contribution in [2.24, 2.45) is 5.92 Å². The maximum atomic E-state index is 6.80. The molecule has 2 nitrogen and oxygen atoms in total. The van der Waals surface area contributed by atoms with Crippen LogP contribution in [0.2, 0.25) is 5.04 Å². The predicted octanol–water partition coefficient (Wildman–Crippen LogP) is 5.93. The van der Waals surface area contributed by atoms with Gasteiger partial charge in [0, 0.05) is 5.92 Å². The van der Waals surface area contributed by atoms with Crippen LogP contribution in [0.25, 0.3) is 0 Å². The van der Waals surface area contributed by atoms with Crippen molar-refractivity contribution in [3.05, 3.63) is 109 Å². The lowest BCUT2D eigenvalue weighted by molar-refractivity contribution is 0.103. The molecule has 0 fully saturated rings. The molecule has 0 spiro atoms. The minimum atomic E-state index is -2.53. The fraction of sp³-hybridized carbons (Fsp3) is 0.286. The van der Waals surface area contributed by atoms with E-state index in [1.807, 2.05) is 24.5 Å². The highest BCUT2D eigenvalue weighted by Gasteiger charge is 2.51. The first-order valence-electron chi connectivity index (χ1n) is 11.0. The maximum Gasteiger partial charge on any atom is 0.319 e. The zero-order valence-corrected chi connectivity index (χ0v) is 20.1. The smallest absolute Gasteiger partial charge is 0.319 e. The van der Waals surface area contributed by atoms with Crippen LogP contribution < -0.4 is 10.4 Å². The first-order chi connectivity index (χ1) is 14.9. The molecule has 3 heteroatoms. The van der Waals surface area contributed by atoms with E-state index in [9.17, 15) is 0 Å². The van der Waals surface area contributed by atoms with Gasteiger partial charge in [0.15, 0.2) is 0 Å². The van der Waals surface area contributed by atoms with Crippen molar-refractivity contribution in [1.29, 1.82) is 0 Å². The SMILES string of the molecule is C[C@H](C=CO[Si](c1ccccc1)(c1ccccc1)C(C)(C)C)COCc1ccccc1. The summed E-state index contributed by atoms with van der Waals surface area (Å²) < 4.78 is 12.7. The second-order valence-corrected chi connectivity index (χ2v) is 13.3. The summed E-state index contributed by atoms with van der Waals surface area (Å²) in [5.74, 6) is 0.266. The topological polar surface area (TPSA) is 18.5 Å². The molecular weight excluding hydrogens is 396 g/mol. The number of benzene rings is 3. The van der Waals surface area contributed by atoms with Crippen LogP contribution in [0.1, 0.15) is 33.3 Å². The molecule has 0 aromatic heterocycles. The monoisotopic (exact) mass is 430 g/mol. The Bertz CT molecular complexity index is 892. The second-order valence-electron chi connectivity index (χ2n) is 9.09. The highest BCUT2D eigenvalue weighted by Crippen LogP contribution is 2.36. The molecule has 0 heterocycles. The number of hydrogen-bond donors (Lipinski definition) is 0. The Balaban J connectivity index is 1.77. The summed E-state index contributed by atoms with van der Waals surface area (Å²) in [5.41, 5.74) is 1.20. The lowest BCUT2D eigenvalue weighted by atomic mass is 10.2. The van der Waals surface area contributed by atoms with Gasteiger partial charge in [-0.15, -0.1) is 0 Å². The predicted molar refractivity (Wildman–Crippen MR) is 133 cm³/mol. The van der Waals surface area contributed by atoms with E-state index in [4.69, 9.17) is 9.16 Å². The van der Waals surface area contributed by atoms with Gasteiger partial charge in [0.1, 0.15) is 0 Å². The van der Waals surface area contributed by atoms with Gasteiger partial charge in [0.05, 0.1) is 19.5 Å². The lowest BCUT2D eigenvalue weighted by Crippen LogP contribution is -2.65. The molecule has 0 radical (unpaired) electrons. The fourth-order valence-electron chi connectivity index (χ4n) is 3.96. The minimum absolute atomic E-state index is 0.0346. The molecule has 3 aromatic carbocycles. The molecule has 1 atom stereocenters. The van der Waals surface area contributed by atoms with Gasteiger partial charge in [-0.1, -0.05) is 119 Å². The molecule has 0 unspecified atom stereocenters. The Kier molecular flexibility index (Phi) is 7.89. The summed E-state index contributed by atoms with van der Waals surface area (Å²) in [7, 11) is -2.53. The Hall–Kier alpha value is -2.62. The molecule has 0 aliphatic carbocycles. The third-order valence-corrected chi connectivity index (χ3v) is 10.5. The van der Waals surface area contributed by atoms with Crippen molar-refractivity contribution in [2.75, 3.05) is 6.61 Å². The normalized spacial score (nSPS) is 13.3. The van der Waals surface area contributed by atoms with Crippen molar-refractivity contribution >= 4 is 18.7 Å². The molecule has 0 saturated carbocycles. The van der Waals surface area contributed by atoms with Gasteiger partial charge in [-0.3, -0.25) is 0 Å². The van der Waals surface area contributed by atoms with Gasteiger partial charge in [-0.25, -0.2) is 0 Å². The van der Waals surface area contributed by atoms with Crippen molar-refractivity contribution in [3.8, 4) is 0 Å². The second kappa shape index (κ2) is 10.6. The van der Waals surface area contributed by atoms with Gasteiger partial charge in [0.25, 0.3) is 0 Å². The number of hydrogen-bond acceptors (Lipinski definition) is 2. The van der Waals surface area contributed by atoms with Crippen LogP contribution in [-0.2, 0) is 15.8 Å². The van der Waals surface area contributed by atoms with Gasteiger partial charge < -0.3 is 9.16 Å². The largest absolute Gasteiger partial charge is 0.540 e. The van der Waals surface area contributed by atoms with E-state index < -0.39 is 8.32 Å². The van der Waals surface area contributed by atoms with Crippen molar-refractivity contribution in [3.63, 3.8) is 0 Å². The summed E-state index contributed by atoms with van der Waals surface area (Å²) in [6.07, 6.45) is 4.05. The average Bonchev–Trinajstić information content (AvgIpc) is 2.78. The van der Waals surface area contributed by atoms with Gasteiger partial charge >= 0.3 is 8.32 Å². The van der Waals surface area contributed by atoms with E-state index in [1.165, 1.54) is 15.9 Å². The molecule has 0 bridgehead atoms. The van der Waals surface area contributed by atoms with Gasteiger partial charge in [-0.2, -0.15) is 0 Å². The molecule has 3 aromatic rings. The summed E-state index contributed by atoms with van der Waals surface area (Å²) in [5, 5.41) is 2.53. The summed E-state index contributed by atoms with van der Waals surface area (Å²) in [6.45, 7) is 10.3. The first kappa shape index (κ1) is 23.0. The zero-order chi connectivity index (χ0) is 22.2. The standard InChI is InChI=1S/C28H34O2Si/c1-24(22-29-23-25-14-8-5-9-15-25)20-21-30-31(28(2,3)4,26-16-10-6-11-17-26)27-18-12-7-13-19-27/h5-21,24H,22-23H2,1-4H3/t24-/m1/s1. The van der Waals surface area contributed by atoms with Crippen LogP contribution in [0.15, 0.2) is 103 Å². The van der Waals surface area contributed by atoms with Gasteiger partial charge in [0.2, 0.25) is 0 Å². The Morgan fingerprint density at radius 1 is 0.774 bits per heavy atom. The summed E-state index contributed by atoms with van der Waals surface area (Å²) in [4.78, 5) is 0. The fourth-order valence-corrected chi connectivity index (χ4v) is 8.26. The van der Waals surface area contributed by atoms with Crippen molar-refractivity contribution in [2.45, 2.75) is 39.3 Å². The van der Waals surface area contributed by atoms with Crippen molar-refractivity contribution < 1.29 is 9.16 Å². The molecule has 0 saturated heterocycles. The minimum Gasteiger partial charge on any atom is -0.540 e. The lowest BCUT2D eigenvalue weighted by Gasteiger charge is -2.42. The highest BCUT2D eigenvalue weighted by molar-refractivity contribution is 6.99. The number of ether oxygens (including phenoxy) is 1. The van der Waals surface area contributed by atoms with Crippen molar-refractivity contribution in [1.82, 2.24) is 0 Å². The Morgan fingerprint density at radius 2 is 1.26 bits per heavy atom.